The van der Waals surface area contributed by atoms with Gasteiger partial charge in [0.2, 0.25) is 17.5 Å². The fourth-order valence-electron chi connectivity index (χ4n) is 11.2. The first-order valence-electron chi connectivity index (χ1n) is 24.8. The molecule has 396 valence electrons. The Morgan fingerprint density at radius 3 is 2.32 bits per heavy atom. The number of likely N-dealkylation sites (tertiary alicyclic amines) is 1. The van der Waals surface area contributed by atoms with Crippen LogP contribution >= 0.6 is 0 Å². The number of nitrogens with one attached hydrogen (secondary N) is 1. The molecule has 1 aromatic heterocycles. The number of piperidine rings is 1. The lowest BCUT2D eigenvalue weighted by atomic mass is 9.72. The van der Waals surface area contributed by atoms with Crippen molar-refractivity contribution in [2.24, 2.45) is 5.92 Å². The number of carboxylic acid groups (broad SMARTS) is 1. The summed E-state index contributed by atoms with van der Waals surface area (Å²) in [5.74, 6) is -6.91. The minimum Gasteiger partial charge on any atom is -0.508 e. The number of aromatic hydroxyl groups is 4. The number of carboxylic acids is 1. The summed E-state index contributed by atoms with van der Waals surface area (Å²) in [6.45, 7) is 7.52. The molecule has 2 fully saturated rings. The molecule has 21 nitrogen and oxygen atoms in total. The van der Waals surface area contributed by atoms with E-state index >= 15 is 0 Å². The summed E-state index contributed by atoms with van der Waals surface area (Å²) in [4.78, 5) is 69.6. The molecule has 9 rings (SSSR count). The number of nitrogens with zero attached hydrogens (tertiary/aromatic N) is 4. The molecular formula is C54H59N5O16. The highest BCUT2D eigenvalue weighted by molar-refractivity contribution is 6.31. The number of benzene rings is 4. The summed E-state index contributed by atoms with van der Waals surface area (Å²) in [5.41, 5.74) is -0.463. The molecule has 0 bridgehead atoms. The van der Waals surface area contributed by atoms with Gasteiger partial charge in [-0.3, -0.25) is 28.6 Å². The van der Waals surface area contributed by atoms with Crippen LogP contribution in [0.2, 0.25) is 0 Å². The molecule has 75 heavy (non-hydrogen) atoms. The van der Waals surface area contributed by atoms with Crippen molar-refractivity contribution < 1.29 is 79.0 Å². The maximum Gasteiger partial charge on any atom is 0.374 e. The van der Waals surface area contributed by atoms with Crippen LogP contribution in [0, 0.1) is 5.92 Å². The van der Waals surface area contributed by atoms with E-state index in [1.54, 1.807) is 19.1 Å². The Labute approximate surface area is 429 Å². The number of aliphatic hydroxyl groups is 3. The van der Waals surface area contributed by atoms with Gasteiger partial charge in [-0.15, -0.1) is 10.2 Å². The number of Topliss-reactive ketones (excluding diaryl/α,β-unsaturated/α-hetero) is 1. The molecule has 0 spiro atoms. The standard InChI is InChI=1S/C54H59N5O16/c1-6-26-14-28(31(16-35(26)59-23-55-57-51(59)53(70)71)32-15-30(24(2)3)36(61)18-37(32)62)21-58-12-10-27(11-13-58)52(69)56-34-17-41(74-25(4)46(34)64)75-39-20-54(72,40(63)22-60)19-33-43(39)50(68)45-44(48(33)66)47(65)29-8-7-9-38(73-5)42(29)49(45)67/h7-9,14-16,18,23-25,27,34,39,41,46,60-62,64,66,68,72H,6,10-13,17,19-22H2,1-5H3,(H,56,69)(H,70,71)/t25-,34-,39-,41-,46+,54-/m0/s1. The number of amides is 1. The number of hydrogen-bond acceptors (Lipinski definition) is 18. The minimum atomic E-state index is -2.38. The van der Waals surface area contributed by atoms with E-state index in [-0.39, 0.29) is 63.6 Å². The molecule has 1 amide bonds. The van der Waals surface area contributed by atoms with Gasteiger partial charge < -0.3 is 60.4 Å². The van der Waals surface area contributed by atoms with Gasteiger partial charge >= 0.3 is 5.97 Å². The number of carbonyl (C=O) groups is 5. The van der Waals surface area contributed by atoms with Gasteiger partial charge in [0.15, 0.2) is 17.9 Å². The van der Waals surface area contributed by atoms with Crippen LogP contribution in [-0.4, -0.2) is 147 Å². The second-order valence-electron chi connectivity index (χ2n) is 20.1. The van der Waals surface area contributed by atoms with Crippen LogP contribution in [0.4, 0.5) is 0 Å². The maximum atomic E-state index is 14.1. The van der Waals surface area contributed by atoms with Gasteiger partial charge in [-0.1, -0.05) is 39.0 Å². The average molecular weight is 1030 g/mol. The number of phenols is 4. The Bertz CT molecular complexity index is 3140. The first-order chi connectivity index (χ1) is 35.7. The lowest BCUT2D eigenvalue weighted by Crippen LogP contribution is -2.57. The fraction of sp³-hybridized carbons (Fsp3) is 0.426. The highest BCUT2D eigenvalue weighted by Gasteiger charge is 2.50. The van der Waals surface area contributed by atoms with Gasteiger partial charge in [0.1, 0.15) is 53.4 Å². The first-order valence-corrected chi connectivity index (χ1v) is 24.8. The summed E-state index contributed by atoms with van der Waals surface area (Å²) >= 11 is 0. The van der Waals surface area contributed by atoms with Gasteiger partial charge in [-0.2, -0.15) is 0 Å². The van der Waals surface area contributed by atoms with Crippen LogP contribution in [0.3, 0.4) is 0 Å². The average Bonchev–Trinajstić information content (AvgIpc) is 3.88. The molecule has 2 saturated heterocycles. The van der Waals surface area contributed by atoms with Crippen molar-refractivity contribution >= 4 is 29.2 Å². The van der Waals surface area contributed by atoms with E-state index in [2.05, 4.69) is 20.4 Å². The molecule has 0 saturated carbocycles. The zero-order valence-corrected chi connectivity index (χ0v) is 41.9. The SMILES string of the molecule is CCc1cc(CN2CCC(C(=O)N[C@H]3C[C@H](O[C@H]4C[C@](O)(C(=O)CO)Cc5c(O)c6c(c(O)c54)C(=O)c4c(OC)cccc4C6=O)O[C@@H](C)[C@H]3O)CC2)c(-c2cc(C(C)C)c(O)cc2O)cc1-n1cnnc1C(=O)O. The molecule has 2 aliphatic heterocycles. The Balaban J connectivity index is 0.939. The molecule has 5 aromatic rings. The van der Waals surface area contributed by atoms with Crippen LogP contribution in [0.1, 0.15) is 136 Å². The van der Waals surface area contributed by atoms with E-state index in [9.17, 15) is 64.8 Å². The normalized spacial score (nSPS) is 22.9. The monoisotopic (exact) mass is 1030 g/mol. The summed E-state index contributed by atoms with van der Waals surface area (Å²) in [6, 6.07) is 10.1. The molecule has 2 aliphatic carbocycles. The highest BCUT2D eigenvalue weighted by Crippen LogP contribution is 2.53. The number of ether oxygens (including phenoxy) is 3. The van der Waals surface area contributed by atoms with Crippen molar-refractivity contribution in [3.8, 4) is 45.6 Å². The van der Waals surface area contributed by atoms with Crippen LogP contribution in [0.15, 0.2) is 48.8 Å². The van der Waals surface area contributed by atoms with Crippen LogP contribution in [0.5, 0.6) is 28.7 Å². The van der Waals surface area contributed by atoms with Crippen molar-refractivity contribution in [1.29, 1.82) is 0 Å². The number of fused-ring (bicyclic) bond motifs is 3. The molecule has 21 heteroatoms. The van der Waals surface area contributed by atoms with Crippen LogP contribution in [0.25, 0.3) is 16.8 Å². The number of aromatic carboxylic acids is 1. The Kier molecular flexibility index (Phi) is 14.3. The summed E-state index contributed by atoms with van der Waals surface area (Å²) < 4.78 is 19.2. The number of phenolic OH excluding ortho intramolecular Hbond substituents is 4. The largest absolute Gasteiger partial charge is 0.508 e. The van der Waals surface area contributed by atoms with Gasteiger partial charge in [0, 0.05) is 60.0 Å². The van der Waals surface area contributed by atoms with E-state index in [1.165, 1.54) is 42.3 Å². The fourth-order valence-corrected chi connectivity index (χ4v) is 11.2. The van der Waals surface area contributed by atoms with E-state index in [1.807, 2.05) is 26.8 Å². The number of aromatic nitrogens is 3. The molecular weight excluding hydrogens is 975 g/mol. The van der Waals surface area contributed by atoms with Crippen LogP contribution < -0.4 is 10.1 Å². The number of carbonyl (C=O) groups excluding carboxylic acids is 4. The predicted octanol–water partition coefficient (Wildman–Crippen LogP) is 4.11. The first kappa shape index (κ1) is 52.6. The maximum absolute atomic E-state index is 14.1. The van der Waals surface area contributed by atoms with Crippen molar-refractivity contribution in [3.05, 3.63) is 105 Å². The summed E-state index contributed by atoms with van der Waals surface area (Å²) in [5, 5.41) is 99.3. The number of hydrogen-bond donors (Lipinski definition) is 9. The van der Waals surface area contributed by atoms with E-state index in [4.69, 9.17) is 14.2 Å². The van der Waals surface area contributed by atoms with Crippen molar-refractivity contribution in [2.75, 3.05) is 26.8 Å². The third kappa shape index (κ3) is 9.37. The quantitative estimate of drug-likeness (QED) is 0.0693. The molecule has 4 aromatic carbocycles. The zero-order chi connectivity index (χ0) is 53.9. The van der Waals surface area contributed by atoms with Crippen molar-refractivity contribution in [3.63, 3.8) is 0 Å². The van der Waals surface area contributed by atoms with Crippen molar-refractivity contribution in [2.45, 2.75) is 115 Å². The molecule has 3 heterocycles. The zero-order valence-electron chi connectivity index (χ0n) is 41.9. The molecule has 4 aliphatic rings. The number of rotatable bonds is 14. The molecule has 0 unspecified atom stereocenters. The lowest BCUT2D eigenvalue weighted by molar-refractivity contribution is -0.249. The van der Waals surface area contributed by atoms with Gasteiger partial charge in [0.25, 0.3) is 0 Å². The highest BCUT2D eigenvalue weighted by atomic mass is 16.7. The minimum absolute atomic E-state index is 0.0466. The van der Waals surface area contributed by atoms with Crippen molar-refractivity contribution in [1.82, 2.24) is 25.0 Å². The topological polar surface area (TPSA) is 321 Å². The second kappa shape index (κ2) is 20.5. The Morgan fingerprint density at radius 2 is 1.65 bits per heavy atom. The van der Waals surface area contributed by atoms with E-state index < -0.39 is 108 Å². The number of aliphatic hydroxyl groups excluding tert-OH is 2. The molecule has 0 radical (unpaired) electrons. The van der Waals surface area contributed by atoms with Gasteiger partial charge in [-0.05, 0) is 85.6 Å². The van der Waals surface area contributed by atoms with Crippen LogP contribution in [-0.2, 0) is 38.4 Å². The lowest BCUT2D eigenvalue weighted by Gasteiger charge is -2.43. The molecule has 6 atom stereocenters. The van der Waals surface area contributed by atoms with Gasteiger partial charge in [-0.25, -0.2) is 4.79 Å². The predicted molar refractivity (Wildman–Crippen MR) is 264 cm³/mol. The van der Waals surface area contributed by atoms with Gasteiger partial charge in [0.05, 0.1) is 47.7 Å². The van der Waals surface area contributed by atoms with E-state index in [0.29, 0.717) is 61.3 Å². The Hall–Kier alpha value is -7.27. The summed E-state index contributed by atoms with van der Waals surface area (Å²) in [7, 11) is 1.30. The Morgan fingerprint density at radius 1 is 0.933 bits per heavy atom. The molecule has 9 N–H and O–H groups in total. The number of ketones is 3. The summed E-state index contributed by atoms with van der Waals surface area (Å²) in [6.07, 6.45) is -3.74. The number of methoxy groups -OCH3 is 1. The third-order valence-electron chi connectivity index (χ3n) is 15.2. The second-order valence-corrected chi connectivity index (χ2v) is 20.1. The number of aryl methyl sites for hydroxylation is 1. The third-order valence-corrected chi connectivity index (χ3v) is 15.2. The van der Waals surface area contributed by atoms with E-state index in [0.717, 1.165) is 11.1 Å². The smallest absolute Gasteiger partial charge is 0.374 e.